The molecule has 0 aliphatic heterocycles. The van der Waals surface area contributed by atoms with Crippen molar-refractivity contribution in [2.24, 2.45) is 0 Å². The number of rotatable bonds is 6. The van der Waals surface area contributed by atoms with Gasteiger partial charge in [0.1, 0.15) is 0 Å². The lowest BCUT2D eigenvalue weighted by Gasteiger charge is -2.06. The highest BCUT2D eigenvalue weighted by Gasteiger charge is 2.25. The zero-order valence-corrected chi connectivity index (χ0v) is 8.17. The van der Waals surface area contributed by atoms with E-state index in [1.54, 1.807) is 17.1 Å². The highest BCUT2D eigenvalue weighted by molar-refractivity contribution is 4.64. The van der Waals surface area contributed by atoms with Crippen LogP contribution in [0.4, 0.5) is 13.2 Å². The Morgan fingerprint density at radius 3 is 2.67 bits per heavy atom. The SMILES string of the molecule is FC(F)(F)CCCNCCn1ccnn1. The predicted molar refractivity (Wildman–Crippen MR) is 48.2 cm³/mol. The molecule has 1 aromatic rings. The van der Waals surface area contributed by atoms with Crippen LogP contribution in [0.15, 0.2) is 12.4 Å². The van der Waals surface area contributed by atoms with Crippen molar-refractivity contribution in [3.63, 3.8) is 0 Å². The van der Waals surface area contributed by atoms with Gasteiger partial charge in [-0.25, -0.2) is 0 Å². The summed E-state index contributed by atoms with van der Waals surface area (Å²) in [5.74, 6) is 0. The van der Waals surface area contributed by atoms with Crippen molar-refractivity contribution in [3.05, 3.63) is 12.4 Å². The van der Waals surface area contributed by atoms with Crippen LogP contribution in [0, 0.1) is 0 Å². The Bertz CT molecular complexity index is 257. The van der Waals surface area contributed by atoms with Crippen molar-refractivity contribution >= 4 is 0 Å². The summed E-state index contributed by atoms with van der Waals surface area (Å²) < 4.78 is 36.8. The van der Waals surface area contributed by atoms with Crippen LogP contribution in [0.1, 0.15) is 12.8 Å². The summed E-state index contributed by atoms with van der Waals surface area (Å²) in [6, 6.07) is 0. The third kappa shape index (κ3) is 6.05. The number of nitrogens with zero attached hydrogens (tertiary/aromatic N) is 3. The fraction of sp³-hybridized carbons (Fsp3) is 0.750. The van der Waals surface area contributed by atoms with E-state index >= 15 is 0 Å². The summed E-state index contributed by atoms with van der Waals surface area (Å²) >= 11 is 0. The van der Waals surface area contributed by atoms with Crippen molar-refractivity contribution in [2.45, 2.75) is 25.6 Å². The van der Waals surface area contributed by atoms with Gasteiger partial charge < -0.3 is 5.32 Å². The molecular formula is C8H13F3N4. The van der Waals surface area contributed by atoms with Crippen LogP contribution in [-0.2, 0) is 6.54 Å². The standard InChI is InChI=1S/C8H13F3N4/c9-8(10,11)2-1-3-12-4-6-15-7-5-13-14-15/h5,7,12H,1-4,6H2. The van der Waals surface area contributed by atoms with E-state index in [1.165, 1.54) is 0 Å². The minimum absolute atomic E-state index is 0.112. The molecule has 1 aromatic heterocycles. The van der Waals surface area contributed by atoms with Gasteiger partial charge in [-0.05, 0) is 13.0 Å². The second-order valence-corrected chi connectivity index (χ2v) is 3.13. The third-order valence-electron chi connectivity index (χ3n) is 1.80. The largest absolute Gasteiger partial charge is 0.389 e. The van der Waals surface area contributed by atoms with E-state index in [4.69, 9.17) is 0 Å². The minimum Gasteiger partial charge on any atom is -0.315 e. The van der Waals surface area contributed by atoms with Gasteiger partial charge in [0.25, 0.3) is 0 Å². The second kappa shape index (κ2) is 5.69. The molecule has 0 unspecified atom stereocenters. The average Bonchev–Trinajstić information content (AvgIpc) is 2.61. The first-order valence-electron chi connectivity index (χ1n) is 4.69. The van der Waals surface area contributed by atoms with Crippen LogP contribution < -0.4 is 5.32 Å². The molecule has 1 rings (SSSR count). The van der Waals surface area contributed by atoms with E-state index in [0.717, 1.165) is 0 Å². The maximum atomic E-state index is 11.7. The number of nitrogens with one attached hydrogen (secondary N) is 1. The normalized spacial score (nSPS) is 11.9. The van der Waals surface area contributed by atoms with Gasteiger partial charge in [0, 0.05) is 19.2 Å². The second-order valence-electron chi connectivity index (χ2n) is 3.13. The molecule has 0 bridgehead atoms. The zero-order valence-electron chi connectivity index (χ0n) is 8.17. The lowest BCUT2D eigenvalue weighted by atomic mass is 10.3. The molecule has 4 nitrogen and oxygen atoms in total. The number of aromatic nitrogens is 3. The van der Waals surface area contributed by atoms with Crippen molar-refractivity contribution in [1.82, 2.24) is 20.3 Å². The Kier molecular flexibility index (Phi) is 4.54. The van der Waals surface area contributed by atoms with Gasteiger partial charge in [0.05, 0.1) is 12.7 Å². The summed E-state index contributed by atoms with van der Waals surface area (Å²) in [7, 11) is 0. The molecular weight excluding hydrogens is 209 g/mol. The molecule has 7 heteroatoms. The summed E-state index contributed by atoms with van der Waals surface area (Å²) in [6.45, 7) is 1.58. The summed E-state index contributed by atoms with van der Waals surface area (Å²) in [5.41, 5.74) is 0. The number of halogens is 3. The van der Waals surface area contributed by atoms with E-state index in [2.05, 4.69) is 15.6 Å². The van der Waals surface area contributed by atoms with Crippen molar-refractivity contribution in [3.8, 4) is 0 Å². The molecule has 0 atom stereocenters. The molecule has 0 saturated carbocycles. The Morgan fingerprint density at radius 2 is 2.07 bits per heavy atom. The van der Waals surface area contributed by atoms with Crippen molar-refractivity contribution < 1.29 is 13.2 Å². The fourth-order valence-electron chi connectivity index (χ4n) is 1.08. The zero-order chi connectivity index (χ0) is 11.1. The van der Waals surface area contributed by atoms with Crippen LogP contribution in [0.5, 0.6) is 0 Å². The molecule has 0 spiro atoms. The summed E-state index contributed by atoms with van der Waals surface area (Å²) in [4.78, 5) is 0. The molecule has 1 heterocycles. The Balaban J connectivity index is 1.94. The fourth-order valence-corrected chi connectivity index (χ4v) is 1.08. The average molecular weight is 222 g/mol. The maximum Gasteiger partial charge on any atom is 0.389 e. The molecule has 0 aromatic carbocycles. The maximum absolute atomic E-state index is 11.7. The molecule has 0 amide bonds. The smallest absolute Gasteiger partial charge is 0.315 e. The molecule has 0 aliphatic carbocycles. The third-order valence-corrected chi connectivity index (χ3v) is 1.80. The van der Waals surface area contributed by atoms with Gasteiger partial charge in [-0.15, -0.1) is 5.10 Å². The molecule has 0 radical (unpaired) electrons. The van der Waals surface area contributed by atoms with Crippen molar-refractivity contribution in [1.29, 1.82) is 0 Å². The van der Waals surface area contributed by atoms with Gasteiger partial charge in [-0.1, -0.05) is 5.21 Å². The van der Waals surface area contributed by atoms with E-state index in [-0.39, 0.29) is 6.42 Å². The monoisotopic (exact) mass is 222 g/mol. The highest BCUT2D eigenvalue weighted by atomic mass is 19.4. The first-order valence-corrected chi connectivity index (χ1v) is 4.69. The van der Waals surface area contributed by atoms with E-state index < -0.39 is 12.6 Å². The van der Waals surface area contributed by atoms with Crippen LogP contribution >= 0.6 is 0 Å². The Morgan fingerprint density at radius 1 is 1.27 bits per heavy atom. The van der Waals surface area contributed by atoms with E-state index in [1.807, 2.05) is 0 Å². The van der Waals surface area contributed by atoms with Gasteiger partial charge in [-0.3, -0.25) is 4.68 Å². The first-order chi connectivity index (χ1) is 7.08. The number of hydrogen-bond acceptors (Lipinski definition) is 3. The van der Waals surface area contributed by atoms with Gasteiger partial charge in [-0.2, -0.15) is 13.2 Å². The summed E-state index contributed by atoms with van der Waals surface area (Å²) in [5, 5.41) is 10.2. The summed E-state index contributed by atoms with van der Waals surface area (Å²) in [6.07, 6.45) is -1.40. The molecule has 86 valence electrons. The van der Waals surface area contributed by atoms with Gasteiger partial charge in [0.15, 0.2) is 0 Å². The van der Waals surface area contributed by atoms with E-state index in [9.17, 15) is 13.2 Å². The lowest BCUT2D eigenvalue weighted by molar-refractivity contribution is -0.135. The predicted octanol–water partition coefficient (Wildman–Crippen LogP) is 1.21. The lowest BCUT2D eigenvalue weighted by Crippen LogP contribution is -2.22. The van der Waals surface area contributed by atoms with Crippen LogP contribution in [0.25, 0.3) is 0 Å². The topological polar surface area (TPSA) is 42.7 Å². The minimum atomic E-state index is -4.05. The number of hydrogen-bond donors (Lipinski definition) is 1. The first kappa shape index (κ1) is 12.0. The molecule has 1 N–H and O–H groups in total. The van der Waals surface area contributed by atoms with Gasteiger partial charge >= 0.3 is 6.18 Å². The van der Waals surface area contributed by atoms with Crippen LogP contribution in [0.2, 0.25) is 0 Å². The van der Waals surface area contributed by atoms with Gasteiger partial charge in [0.2, 0.25) is 0 Å². The van der Waals surface area contributed by atoms with E-state index in [0.29, 0.717) is 19.6 Å². The molecule has 0 aliphatic rings. The van der Waals surface area contributed by atoms with Crippen molar-refractivity contribution in [2.75, 3.05) is 13.1 Å². The molecule has 15 heavy (non-hydrogen) atoms. The van der Waals surface area contributed by atoms with Crippen LogP contribution in [-0.4, -0.2) is 34.3 Å². The molecule has 0 fully saturated rings. The quantitative estimate of drug-likeness (QED) is 0.736. The highest BCUT2D eigenvalue weighted by Crippen LogP contribution is 2.20. The Labute approximate surface area is 85.5 Å². The molecule has 0 saturated heterocycles. The Hall–Kier alpha value is -1.11. The van der Waals surface area contributed by atoms with Crippen LogP contribution in [0.3, 0.4) is 0 Å². The number of alkyl halides is 3.